The van der Waals surface area contributed by atoms with Crippen LogP contribution in [0.3, 0.4) is 0 Å². The molecule has 0 saturated carbocycles. The summed E-state index contributed by atoms with van der Waals surface area (Å²) in [6.45, 7) is 5.68. The molecule has 1 atom stereocenters. The summed E-state index contributed by atoms with van der Waals surface area (Å²) in [5.41, 5.74) is 2.67. The van der Waals surface area contributed by atoms with Gasteiger partial charge in [0, 0.05) is 13.1 Å². The number of aryl methyl sites for hydroxylation is 1. The van der Waals surface area contributed by atoms with Crippen molar-refractivity contribution in [2.45, 2.75) is 58.5 Å². The zero-order valence-corrected chi connectivity index (χ0v) is 18.4. The van der Waals surface area contributed by atoms with E-state index in [0.29, 0.717) is 19.7 Å². The van der Waals surface area contributed by atoms with Gasteiger partial charge in [-0.3, -0.25) is 14.3 Å². The number of piperidine rings is 1. The monoisotopic (exact) mass is 450 g/mol. The molecule has 2 aromatic rings. The van der Waals surface area contributed by atoms with E-state index >= 15 is 0 Å². The summed E-state index contributed by atoms with van der Waals surface area (Å²) in [6.07, 6.45) is -1.43. The lowest BCUT2D eigenvalue weighted by atomic mass is 9.99. The van der Waals surface area contributed by atoms with Gasteiger partial charge in [-0.2, -0.15) is 13.2 Å². The van der Waals surface area contributed by atoms with Crippen molar-refractivity contribution in [1.29, 1.82) is 0 Å². The highest BCUT2D eigenvalue weighted by Gasteiger charge is 2.34. The van der Waals surface area contributed by atoms with Crippen LogP contribution in [-0.2, 0) is 19.6 Å². The fourth-order valence-electron chi connectivity index (χ4n) is 4.49. The molecule has 174 valence electrons. The molecule has 0 aliphatic carbocycles. The molecule has 0 radical (unpaired) electrons. The van der Waals surface area contributed by atoms with Crippen LogP contribution < -0.4 is 15.6 Å². The van der Waals surface area contributed by atoms with Gasteiger partial charge in [0.2, 0.25) is 5.75 Å². The van der Waals surface area contributed by atoms with E-state index in [1.54, 1.807) is 6.92 Å². The van der Waals surface area contributed by atoms with Gasteiger partial charge in [0.1, 0.15) is 12.4 Å². The van der Waals surface area contributed by atoms with Crippen molar-refractivity contribution in [2.24, 2.45) is 5.92 Å². The number of ether oxygens (including phenoxy) is 1. The minimum Gasteiger partial charge on any atom is -0.486 e. The fraction of sp³-hybridized carbons (Fsp3) is 0.565. The van der Waals surface area contributed by atoms with Crippen molar-refractivity contribution >= 4 is 0 Å². The molecule has 1 saturated heterocycles. The van der Waals surface area contributed by atoms with Gasteiger partial charge < -0.3 is 10.1 Å². The topological polar surface area (TPSA) is 59.4 Å². The number of alkyl halides is 3. The summed E-state index contributed by atoms with van der Waals surface area (Å²) in [5, 5.41) is 3.25. The number of rotatable bonds is 6. The van der Waals surface area contributed by atoms with Gasteiger partial charge in [0.05, 0.1) is 18.8 Å². The lowest BCUT2D eigenvalue weighted by Crippen LogP contribution is -2.36. The maximum Gasteiger partial charge on any atom is 0.406 e. The van der Waals surface area contributed by atoms with Gasteiger partial charge in [-0.05, 0) is 56.8 Å². The first-order chi connectivity index (χ1) is 15.2. The van der Waals surface area contributed by atoms with Crippen molar-refractivity contribution in [2.75, 3.05) is 19.7 Å². The molecule has 6 nitrogen and oxygen atoms in total. The van der Waals surface area contributed by atoms with Gasteiger partial charge >= 0.3 is 6.18 Å². The van der Waals surface area contributed by atoms with Gasteiger partial charge in [-0.15, -0.1) is 0 Å². The lowest BCUT2D eigenvalue weighted by Gasteiger charge is -2.27. The molecule has 1 aromatic heterocycles. The predicted molar refractivity (Wildman–Crippen MR) is 114 cm³/mol. The van der Waals surface area contributed by atoms with Gasteiger partial charge in [0.15, 0.2) is 0 Å². The third-order valence-corrected chi connectivity index (χ3v) is 6.35. The Morgan fingerprint density at radius 3 is 2.66 bits per heavy atom. The van der Waals surface area contributed by atoms with E-state index in [4.69, 9.17) is 4.74 Å². The third kappa shape index (κ3) is 5.15. The van der Waals surface area contributed by atoms with E-state index in [-0.39, 0.29) is 17.5 Å². The zero-order chi connectivity index (χ0) is 22.9. The van der Waals surface area contributed by atoms with Crippen LogP contribution in [-0.4, -0.2) is 40.3 Å². The Bertz CT molecular complexity index is 1020. The minimum absolute atomic E-state index is 0.103. The molecule has 2 aliphatic heterocycles. The number of aromatic nitrogens is 2. The molecule has 3 heterocycles. The van der Waals surface area contributed by atoms with Crippen LogP contribution in [0.4, 0.5) is 13.2 Å². The number of hydrogen-bond donors (Lipinski definition) is 1. The molecule has 2 aliphatic rings. The van der Waals surface area contributed by atoms with E-state index in [1.807, 2.05) is 24.0 Å². The Kier molecular flexibility index (Phi) is 6.57. The number of hydrogen-bond acceptors (Lipinski definition) is 5. The molecule has 0 amide bonds. The number of fused-ring (bicyclic) bond motifs is 1. The molecule has 1 N–H and O–H groups in total. The molecule has 0 spiro atoms. The Labute approximate surface area is 185 Å². The lowest BCUT2D eigenvalue weighted by molar-refractivity contribution is -0.142. The van der Waals surface area contributed by atoms with Crippen molar-refractivity contribution in [3.05, 3.63) is 57.3 Å². The molecular weight excluding hydrogens is 421 g/mol. The maximum atomic E-state index is 13.4. The van der Waals surface area contributed by atoms with Gasteiger partial charge in [-0.25, -0.2) is 4.98 Å². The second-order valence-corrected chi connectivity index (χ2v) is 8.84. The summed E-state index contributed by atoms with van der Waals surface area (Å²) in [7, 11) is 0. The summed E-state index contributed by atoms with van der Waals surface area (Å²) < 4.78 is 46.5. The molecule has 4 rings (SSSR count). The normalized spacial score (nSPS) is 18.5. The van der Waals surface area contributed by atoms with E-state index in [1.165, 1.54) is 6.20 Å². The van der Waals surface area contributed by atoms with E-state index in [2.05, 4.69) is 16.4 Å². The van der Waals surface area contributed by atoms with Gasteiger partial charge in [-0.1, -0.05) is 23.8 Å². The summed E-state index contributed by atoms with van der Waals surface area (Å²) in [4.78, 5) is 19.3. The Hall–Kier alpha value is -2.39. The van der Waals surface area contributed by atoms with Crippen LogP contribution in [0, 0.1) is 12.8 Å². The molecule has 9 heteroatoms. The van der Waals surface area contributed by atoms with Crippen molar-refractivity contribution in [3.8, 4) is 5.75 Å². The van der Waals surface area contributed by atoms with Crippen LogP contribution >= 0.6 is 0 Å². The van der Waals surface area contributed by atoms with Crippen molar-refractivity contribution < 1.29 is 17.9 Å². The first-order valence-electron chi connectivity index (χ1n) is 11.0. The molecule has 1 unspecified atom stereocenters. The Balaban J connectivity index is 1.58. The number of halogens is 3. The molecular formula is C23H29F3N4O2. The first-order valence-corrected chi connectivity index (χ1v) is 11.0. The summed E-state index contributed by atoms with van der Waals surface area (Å²) >= 11 is 0. The minimum atomic E-state index is -4.54. The predicted octanol–water partition coefficient (Wildman–Crippen LogP) is 3.57. The Morgan fingerprint density at radius 1 is 1.22 bits per heavy atom. The number of nitrogens with zero attached hydrogens (tertiary/aromatic N) is 3. The van der Waals surface area contributed by atoms with Crippen LogP contribution in [0.15, 0.2) is 29.2 Å². The van der Waals surface area contributed by atoms with Crippen molar-refractivity contribution in [1.82, 2.24) is 19.8 Å². The van der Waals surface area contributed by atoms with E-state index in [9.17, 15) is 18.0 Å². The SMILES string of the molecule is Cc1ccc2c(c1)CN(C(C)c1ncc(OCC3CCNCC3)c(=O)n1CC(F)(F)F)C2. The first kappa shape index (κ1) is 22.8. The number of nitrogens with one attached hydrogen (secondary N) is 1. The molecule has 0 bridgehead atoms. The second kappa shape index (κ2) is 9.23. The quantitative estimate of drug-likeness (QED) is 0.729. The van der Waals surface area contributed by atoms with Crippen molar-refractivity contribution in [3.63, 3.8) is 0 Å². The molecule has 32 heavy (non-hydrogen) atoms. The number of benzene rings is 1. The maximum absolute atomic E-state index is 13.4. The highest BCUT2D eigenvalue weighted by atomic mass is 19.4. The zero-order valence-electron chi connectivity index (χ0n) is 18.4. The molecule has 1 fully saturated rings. The fourth-order valence-corrected chi connectivity index (χ4v) is 4.49. The van der Waals surface area contributed by atoms with Crippen LogP contribution in [0.5, 0.6) is 5.75 Å². The summed E-state index contributed by atoms with van der Waals surface area (Å²) in [5.74, 6) is 0.256. The van der Waals surface area contributed by atoms with E-state index in [0.717, 1.165) is 47.2 Å². The van der Waals surface area contributed by atoms with Crippen LogP contribution in [0.1, 0.15) is 48.3 Å². The van der Waals surface area contributed by atoms with Crippen LogP contribution in [0.2, 0.25) is 0 Å². The standard InChI is InChI=1S/C23H29F3N4O2/c1-15-3-4-18-11-29(12-19(18)9-15)16(2)21-28-10-20(22(31)30(21)14-23(24,25)26)32-13-17-5-7-27-8-6-17/h3-4,9-10,16-17,27H,5-8,11-14H2,1-2H3. The van der Waals surface area contributed by atoms with E-state index < -0.39 is 24.3 Å². The second-order valence-electron chi connectivity index (χ2n) is 8.84. The average Bonchev–Trinajstić information content (AvgIpc) is 3.17. The highest BCUT2D eigenvalue weighted by molar-refractivity contribution is 5.34. The highest BCUT2D eigenvalue weighted by Crippen LogP contribution is 2.31. The largest absolute Gasteiger partial charge is 0.486 e. The summed E-state index contributed by atoms with van der Waals surface area (Å²) in [6, 6.07) is 5.71. The van der Waals surface area contributed by atoms with Gasteiger partial charge in [0.25, 0.3) is 5.56 Å². The Morgan fingerprint density at radius 2 is 1.94 bits per heavy atom. The van der Waals surface area contributed by atoms with Crippen LogP contribution in [0.25, 0.3) is 0 Å². The smallest absolute Gasteiger partial charge is 0.406 e. The third-order valence-electron chi connectivity index (χ3n) is 6.35. The average molecular weight is 451 g/mol. The molecule has 1 aromatic carbocycles.